The third-order valence-electron chi connectivity index (χ3n) is 5.50. The first-order chi connectivity index (χ1) is 11.9. The van der Waals surface area contributed by atoms with E-state index in [1.165, 1.54) is 37.8 Å². The zero-order valence-electron chi connectivity index (χ0n) is 13.9. The van der Waals surface area contributed by atoms with Crippen LogP contribution in [0.15, 0.2) is 10.6 Å². The van der Waals surface area contributed by atoms with Crippen molar-refractivity contribution in [3.63, 3.8) is 0 Å². The molecule has 0 bridgehead atoms. The zero-order chi connectivity index (χ0) is 15.9. The van der Waals surface area contributed by atoms with Crippen LogP contribution in [-0.4, -0.2) is 50.6 Å². The molecule has 24 heavy (non-hydrogen) atoms. The molecule has 7 heteroatoms. The van der Waals surface area contributed by atoms with Gasteiger partial charge in [-0.2, -0.15) is 10.1 Å². The lowest BCUT2D eigenvalue weighted by atomic mass is 10.0. The lowest BCUT2D eigenvalue weighted by Gasteiger charge is -2.41. The molecule has 0 radical (unpaired) electrons. The van der Waals surface area contributed by atoms with Crippen LogP contribution in [0.2, 0.25) is 0 Å². The molecule has 2 fully saturated rings. The highest BCUT2D eigenvalue weighted by atomic mass is 16.5. The van der Waals surface area contributed by atoms with E-state index in [0.29, 0.717) is 17.8 Å². The Morgan fingerprint density at radius 1 is 1.12 bits per heavy atom. The van der Waals surface area contributed by atoms with Gasteiger partial charge in [0.25, 0.3) is 5.89 Å². The van der Waals surface area contributed by atoms with E-state index in [-0.39, 0.29) is 6.10 Å². The molecule has 2 saturated heterocycles. The number of hydrogen-bond acceptors (Lipinski definition) is 6. The Kier molecular flexibility index (Phi) is 3.63. The number of hydrogen-bond donors (Lipinski definition) is 0. The second kappa shape index (κ2) is 5.97. The lowest BCUT2D eigenvalue weighted by Crippen LogP contribution is -2.49. The van der Waals surface area contributed by atoms with Gasteiger partial charge in [0.2, 0.25) is 5.82 Å². The van der Waals surface area contributed by atoms with Crippen molar-refractivity contribution in [2.75, 3.05) is 19.7 Å². The molecule has 2 atom stereocenters. The Labute approximate surface area is 141 Å². The predicted molar refractivity (Wildman–Crippen MR) is 86.4 cm³/mol. The van der Waals surface area contributed by atoms with Crippen molar-refractivity contribution < 1.29 is 9.26 Å². The van der Waals surface area contributed by atoms with Crippen LogP contribution in [0.1, 0.15) is 49.7 Å². The molecule has 2 aromatic heterocycles. The maximum absolute atomic E-state index is 6.01. The topological polar surface area (TPSA) is 69.2 Å². The molecule has 5 heterocycles. The van der Waals surface area contributed by atoms with Gasteiger partial charge < -0.3 is 9.26 Å². The predicted octanol–water partition coefficient (Wildman–Crippen LogP) is 2.20. The summed E-state index contributed by atoms with van der Waals surface area (Å²) in [5.74, 6) is 1.16. The van der Waals surface area contributed by atoms with Crippen LogP contribution in [0.3, 0.4) is 0 Å². The van der Waals surface area contributed by atoms with Crippen LogP contribution < -0.4 is 0 Å². The van der Waals surface area contributed by atoms with Crippen molar-refractivity contribution in [1.82, 2.24) is 24.8 Å². The summed E-state index contributed by atoms with van der Waals surface area (Å²) in [5.41, 5.74) is 2.05. The number of aryl methyl sites for hydroxylation is 2. The van der Waals surface area contributed by atoms with E-state index in [4.69, 9.17) is 9.26 Å². The monoisotopic (exact) mass is 329 g/mol. The SMILES string of the molecule is c1c(-c2nc([C@H]3CN4CCCCC4CO3)no2)nn2c1CCCC2. The van der Waals surface area contributed by atoms with Crippen LogP contribution >= 0.6 is 0 Å². The molecule has 0 aromatic carbocycles. The van der Waals surface area contributed by atoms with Gasteiger partial charge in [0, 0.05) is 24.8 Å². The molecule has 128 valence electrons. The Bertz CT molecular complexity index is 701. The quantitative estimate of drug-likeness (QED) is 0.841. The van der Waals surface area contributed by atoms with Crippen LogP contribution in [0.25, 0.3) is 11.6 Å². The molecule has 5 rings (SSSR count). The third-order valence-corrected chi connectivity index (χ3v) is 5.50. The molecule has 3 aliphatic heterocycles. The van der Waals surface area contributed by atoms with E-state index in [2.05, 4.69) is 30.9 Å². The van der Waals surface area contributed by atoms with E-state index >= 15 is 0 Å². The highest BCUT2D eigenvalue weighted by Gasteiger charge is 2.33. The van der Waals surface area contributed by atoms with Gasteiger partial charge in [0.1, 0.15) is 6.10 Å². The first-order valence-electron chi connectivity index (χ1n) is 9.13. The van der Waals surface area contributed by atoms with E-state index in [9.17, 15) is 0 Å². The summed E-state index contributed by atoms with van der Waals surface area (Å²) in [5, 5.41) is 8.79. The van der Waals surface area contributed by atoms with Gasteiger partial charge in [-0.15, -0.1) is 0 Å². The summed E-state index contributed by atoms with van der Waals surface area (Å²) in [6.45, 7) is 3.78. The first kappa shape index (κ1) is 14.6. The number of fused-ring (bicyclic) bond motifs is 2. The van der Waals surface area contributed by atoms with Crippen LogP contribution in [-0.2, 0) is 17.7 Å². The number of rotatable bonds is 2. The first-order valence-corrected chi connectivity index (χ1v) is 9.13. The molecular weight excluding hydrogens is 306 g/mol. The highest BCUT2D eigenvalue weighted by Crippen LogP contribution is 2.29. The van der Waals surface area contributed by atoms with Gasteiger partial charge >= 0.3 is 0 Å². The van der Waals surface area contributed by atoms with Crippen molar-refractivity contribution >= 4 is 0 Å². The largest absolute Gasteiger partial charge is 0.367 e. The van der Waals surface area contributed by atoms with Crippen molar-refractivity contribution in [3.05, 3.63) is 17.6 Å². The van der Waals surface area contributed by atoms with Crippen LogP contribution in [0.5, 0.6) is 0 Å². The number of nitrogens with zero attached hydrogens (tertiary/aromatic N) is 5. The molecular formula is C17H23N5O2. The minimum absolute atomic E-state index is 0.0888. The fraction of sp³-hybridized carbons (Fsp3) is 0.706. The summed E-state index contributed by atoms with van der Waals surface area (Å²) < 4.78 is 13.6. The lowest BCUT2D eigenvalue weighted by molar-refractivity contribution is -0.0805. The summed E-state index contributed by atoms with van der Waals surface area (Å²) in [7, 11) is 0. The van der Waals surface area contributed by atoms with Crippen molar-refractivity contribution in [2.45, 2.75) is 57.2 Å². The molecule has 3 aliphatic rings. The number of ether oxygens (including phenoxy) is 1. The Hall–Kier alpha value is -1.73. The minimum Gasteiger partial charge on any atom is -0.367 e. The number of aromatic nitrogens is 4. The zero-order valence-corrected chi connectivity index (χ0v) is 13.9. The van der Waals surface area contributed by atoms with Gasteiger partial charge in [-0.05, 0) is 44.7 Å². The molecule has 7 nitrogen and oxygen atoms in total. The van der Waals surface area contributed by atoms with Gasteiger partial charge in [0.15, 0.2) is 5.69 Å². The molecule has 0 saturated carbocycles. The average molecular weight is 329 g/mol. The maximum atomic E-state index is 6.01. The molecule has 0 spiro atoms. The summed E-state index contributed by atoms with van der Waals surface area (Å²) in [4.78, 5) is 7.10. The number of piperidine rings is 1. The Balaban J connectivity index is 1.34. The summed E-state index contributed by atoms with van der Waals surface area (Å²) in [6, 6.07) is 2.65. The van der Waals surface area contributed by atoms with E-state index in [0.717, 1.165) is 38.4 Å². The second-order valence-electron chi connectivity index (χ2n) is 7.13. The summed E-state index contributed by atoms with van der Waals surface area (Å²) in [6.07, 6.45) is 7.24. The molecule has 0 amide bonds. The molecule has 0 N–H and O–H groups in total. The standard InChI is InChI=1S/C17H23N5O2/c1-3-7-21-10-15(23-11-13(21)6-1)16-18-17(24-20-16)14-9-12-5-2-4-8-22(12)19-14/h9,13,15H,1-8,10-11H2/t13?,15-/m1/s1. The van der Waals surface area contributed by atoms with Crippen molar-refractivity contribution in [1.29, 1.82) is 0 Å². The Morgan fingerprint density at radius 2 is 2.08 bits per heavy atom. The normalized spacial score (nSPS) is 27.7. The van der Waals surface area contributed by atoms with Gasteiger partial charge in [-0.25, -0.2) is 0 Å². The van der Waals surface area contributed by atoms with Gasteiger partial charge in [-0.3, -0.25) is 9.58 Å². The minimum atomic E-state index is -0.0888. The highest BCUT2D eigenvalue weighted by molar-refractivity contribution is 5.47. The fourth-order valence-corrected chi connectivity index (χ4v) is 4.13. The smallest absolute Gasteiger partial charge is 0.278 e. The van der Waals surface area contributed by atoms with Crippen LogP contribution in [0.4, 0.5) is 0 Å². The maximum Gasteiger partial charge on any atom is 0.278 e. The Morgan fingerprint density at radius 3 is 3.04 bits per heavy atom. The molecule has 1 unspecified atom stereocenters. The third kappa shape index (κ3) is 2.56. The molecule has 0 aliphatic carbocycles. The van der Waals surface area contributed by atoms with Gasteiger partial charge in [0.05, 0.1) is 6.61 Å². The second-order valence-corrected chi connectivity index (χ2v) is 7.13. The average Bonchev–Trinajstić information content (AvgIpc) is 3.28. The van der Waals surface area contributed by atoms with Crippen LogP contribution in [0, 0.1) is 0 Å². The van der Waals surface area contributed by atoms with E-state index in [1.54, 1.807) is 0 Å². The fourth-order valence-electron chi connectivity index (χ4n) is 4.13. The summed E-state index contributed by atoms with van der Waals surface area (Å²) >= 11 is 0. The van der Waals surface area contributed by atoms with E-state index < -0.39 is 0 Å². The van der Waals surface area contributed by atoms with Crippen molar-refractivity contribution in [2.24, 2.45) is 0 Å². The molecule has 2 aromatic rings. The van der Waals surface area contributed by atoms with Gasteiger partial charge in [-0.1, -0.05) is 11.6 Å². The van der Waals surface area contributed by atoms with Crippen molar-refractivity contribution in [3.8, 4) is 11.6 Å². The van der Waals surface area contributed by atoms with E-state index in [1.807, 2.05) is 0 Å². The number of morpholine rings is 1.